The number of rotatable bonds is 6. The summed E-state index contributed by atoms with van der Waals surface area (Å²) in [5, 5.41) is 2.89. The second-order valence-corrected chi connectivity index (χ2v) is 8.05. The van der Waals surface area contributed by atoms with Crippen LogP contribution < -0.4 is 21.3 Å². The molecule has 1 aromatic heterocycles. The number of carbonyl (C=O) groups is 1. The van der Waals surface area contributed by atoms with Gasteiger partial charge in [-0.2, -0.15) is 0 Å². The topological polar surface area (TPSA) is 93.2 Å². The van der Waals surface area contributed by atoms with Gasteiger partial charge in [-0.05, 0) is 47.0 Å². The van der Waals surface area contributed by atoms with Crippen molar-refractivity contribution in [3.05, 3.63) is 110 Å². The number of aromatic amines is 1. The maximum absolute atomic E-state index is 12.6. The molecule has 0 bridgehead atoms. The van der Waals surface area contributed by atoms with Crippen LogP contribution in [0.25, 0.3) is 16.8 Å². The first-order valence-corrected chi connectivity index (χ1v) is 10.8. The molecule has 0 fully saturated rings. The molecule has 0 saturated heterocycles. The molecule has 0 aliphatic heterocycles. The van der Waals surface area contributed by atoms with Crippen LogP contribution in [-0.4, -0.2) is 21.8 Å². The zero-order valence-corrected chi connectivity index (χ0v) is 19.1. The number of carbonyl (C=O) groups excluding carboxylic acids is 1. The monoisotopic (exact) mass is 515 g/mol. The third kappa shape index (κ3) is 6.22. The minimum absolute atomic E-state index is 0.00860. The number of benzene rings is 3. The lowest BCUT2D eigenvalue weighted by molar-refractivity contribution is -0.274. The minimum Gasteiger partial charge on any atom is -0.406 e. The number of ether oxygens (including phenoxy) is 1. The molecular formula is C25H17ClF3N3O4. The number of anilines is 1. The Kier molecular flexibility index (Phi) is 6.98. The summed E-state index contributed by atoms with van der Waals surface area (Å²) in [6, 6.07) is 18.1. The Morgan fingerprint density at radius 1 is 0.972 bits per heavy atom. The molecule has 0 spiro atoms. The molecule has 1 heterocycles. The second kappa shape index (κ2) is 10.1. The summed E-state index contributed by atoms with van der Waals surface area (Å²) in [4.78, 5) is 38.0. The van der Waals surface area contributed by atoms with E-state index >= 15 is 0 Å². The number of aromatic nitrogens is 2. The molecular weight excluding hydrogens is 499 g/mol. The smallest absolute Gasteiger partial charge is 0.406 e. The maximum Gasteiger partial charge on any atom is 0.573 e. The molecule has 2 N–H and O–H groups in total. The highest BCUT2D eigenvalue weighted by atomic mass is 35.5. The van der Waals surface area contributed by atoms with Gasteiger partial charge in [0.1, 0.15) is 5.75 Å². The number of halogens is 4. The molecule has 0 atom stereocenters. The van der Waals surface area contributed by atoms with E-state index in [1.54, 1.807) is 36.4 Å². The van der Waals surface area contributed by atoms with Crippen molar-refractivity contribution in [2.75, 3.05) is 5.32 Å². The molecule has 3 aromatic carbocycles. The third-order valence-electron chi connectivity index (χ3n) is 5.01. The number of nitrogens with zero attached hydrogens (tertiary/aromatic N) is 1. The zero-order chi connectivity index (χ0) is 25.9. The molecule has 36 heavy (non-hydrogen) atoms. The van der Waals surface area contributed by atoms with Gasteiger partial charge in [0.05, 0.1) is 17.1 Å². The predicted octanol–water partition coefficient (Wildman–Crippen LogP) is 4.93. The highest BCUT2D eigenvalue weighted by Crippen LogP contribution is 2.29. The Morgan fingerprint density at radius 3 is 2.39 bits per heavy atom. The van der Waals surface area contributed by atoms with Crippen molar-refractivity contribution in [2.24, 2.45) is 0 Å². The minimum atomic E-state index is -4.80. The molecule has 4 aromatic rings. The first kappa shape index (κ1) is 24.8. The first-order valence-electron chi connectivity index (χ1n) is 10.4. The SMILES string of the molecule is O=C(Cc1cccc(-c2cccc(OC(F)(F)F)c2)c1)Nc1ccc(-n2ccc(=O)[nH]c2=O)c(Cl)c1. The van der Waals surface area contributed by atoms with Crippen LogP contribution in [0.2, 0.25) is 5.02 Å². The molecule has 0 aliphatic carbocycles. The second-order valence-electron chi connectivity index (χ2n) is 7.65. The summed E-state index contributed by atoms with van der Waals surface area (Å²) in [6.45, 7) is 0. The Hall–Kier alpha value is -4.31. The van der Waals surface area contributed by atoms with E-state index in [4.69, 9.17) is 11.6 Å². The van der Waals surface area contributed by atoms with E-state index in [9.17, 15) is 27.6 Å². The van der Waals surface area contributed by atoms with Crippen molar-refractivity contribution in [3.63, 3.8) is 0 Å². The van der Waals surface area contributed by atoms with Crippen LogP contribution in [0, 0.1) is 0 Å². The molecule has 0 aliphatic rings. The summed E-state index contributed by atoms with van der Waals surface area (Å²) < 4.78 is 42.7. The van der Waals surface area contributed by atoms with Crippen LogP contribution in [0.5, 0.6) is 5.75 Å². The average Bonchev–Trinajstić information content (AvgIpc) is 2.79. The van der Waals surface area contributed by atoms with Crippen molar-refractivity contribution < 1.29 is 22.7 Å². The number of amides is 1. The molecule has 184 valence electrons. The molecule has 7 nitrogen and oxygen atoms in total. The standard InChI is InChI=1S/C25H17ClF3N3O4/c26-20-14-18(7-8-21(20)32-10-9-22(33)31-24(32)35)30-23(34)12-15-3-1-4-16(11-15)17-5-2-6-19(13-17)36-25(27,28)29/h1-11,13-14H,12H2,(H,30,34)(H,31,33,35). The van der Waals surface area contributed by atoms with Crippen LogP contribution in [0.1, 0.15) is 5.56 Å². The van der Waals surface area contributed by atoms with Crippen molar-refractivity contribution in [2.45, 2.75) is 12.8 Å². The van der Waals surface area contributed by atoms with Gasteiger partial charge in [0.2, 0.25) is 5.91 Å². The van der Waals surface area contributed by atoms with Crippen LogP contribution in [0.3, 0.4) is 0 Å². The molecule has 1 amide bonds. The number of hydrogen-bond acceptors (Lipinski definition) is 4. The van der Waals surface area contributed by atoms with E-state index < -0.39 is 17.6 Å². The Morgan fingerprint density at radius 2 is 1.69 bits per heavy atom. The predicted molar refractivity (Wildman–Crippen MR) is 129 cm³/mol. The normalized spacial score (nSPS) is 11.2. The van der Waals surface area contributed by atoms with Gasteiger partial charge in [0.25, 0.3) is 5.56 Å². The quantitative estimate of drug-likeness (QED) is 0.381. The number of hydrogen-bond donors (Lipinski definition) is 2. The van der Waals surface area contributed by atoms with Gasteiger partial charge in [-0.3, -0.25) is 19.1 Å². The van der Waals surface area contributed by atoms with E-state index in [-0.39, 0.29) is 23.1 Å². The summed E-state index contributed by atoms with van der Waals surface area (Å²) in [5.41, 5.74) is 1.26. The largest absolute Gasteiger partial charge is 0.573 e. The van der Waals surface area contributed by atoms with Gasteiger partial charge in [0, 0.05) is 18.0 Å². The summed E-state index contributed by atoms with van der Waals surface area (Å²) in [5.74, 6) is -0.695. The van der Waals surface area contributed by atoms with Crippen molar-refractivity contribution in [3.8, 4) is 22.6 Å². The lowest BCUT2D eigenvalue weighted by Crippen LogP contribution is -2.27. The maximum atomic E-state index is 12.6. The fraction of sp³-hybridized carbons (Fsp3) is 0.0800. The van der Waals surface area contributed by atoms with Crippen LogP contribution in [0.4, 0.5) is 18.9 Å². The van der Waals surface area contributed by atoms with Crippen molar-refractivity contribution in [1.29, 1.82) is 0 Å². The first-order chi connectivity index (χ1) is 17.1. The van der Waals surface area contributed by atoms with E-state index in [0.29, 0.717) is 28.1 Å². The van der Waals surface area contributed by atoms with Crippen LogP contribution in [-0.2, 0) is 11.2 Å². The number of alkyl halides is 3. The van der Waals surface area contributed by atoms with E-state index in [2.05, 4.69) is 15.0 Å². The summed E-state index contributed by atoms with van der Waals surface area (Å²) in [6.07, 6.45) is -3.51. The molecule has 0 saturated carbocycles. The van der Waals surface area contributed by atoms with E-state index in [0.717, 1.165) is 4.57 Å². The molecule has 4 rings (SSSR count). The Labute approximate surface area is 206 Å². The molecule has 11 heteroatoms. The van der Waals surface area contributed by atoms with Crippen LogP contribution >= 0.6 is 11.6 Å². The Bertz CT molecular complexity index is 1550. The highest BCUT2D eigenvalue weighted by Gasteiger charge is 2.31. The lowest BCUT2D eigenvalue weighted by Gasteiger charge is -2.12. The fourth-order valence-electron chi connectivity index (χ4n) is 3.51. The van der Waals surface area contributed by atoms with Gasteiger partial charge in [-0.1, -0.05) is 48.0 Å². The van der Waals surface area contributed by atoms with Crippen LogP contribution in [0.15, 0.2) is 88.6 Å². The zero-order valence-electron chi connectivity index (χ0n) is 18.3. The van der Waals surface area contributed by atoms with Crippen molar-refractivity contribution in [1.82, 2.24) is 9.55 Å². The molecule has 0 radical (unpaired) electrons. The number of H-pyrrole nitrogens is 1. The molecule has 0 unspecified atom stereocenters. The third-order valence-corrected chi connectivity index (χ3v) is 5.31. The lowest BCUT2D eigenvalue weighted by atomic mass is 10.0. The van der Waals surface area contributed by atoms with Gasteiger partial charge in [-0.15, -0.1) is 13.2 Å². The highest BCUT2D eigenvalue weighted by molar-refractivity contribution is 6.32. The van der Waals surface area contributed by atoms with Gasteiger partial charge >= 0.3 is 12.1 Å². The van der Waals surface area contributed by atoms with E-state index in [1.807, 2.05) is 0 Å². The van der Waals surface area contributed by atoms with E-state index in [1.165, 1.54) is 42.6 Å². The summed E-state index contributed by atoms with van der Waals surface area (Å²) in [7, 11) is 0. The van der Waals surface area contributed by atoms with Gasteiger partial charge in [-0.25, -0.2) is 4.79 Å². The average molecular weight is 516 g/mol. The van der Waals surface area contributed by atoms with Gasteiger partial charge < -0.3 is 10.1 Å². The number of nitrogens with one attached hydrogen (secondary N) is 2. The fourth-order valence-corrected chi connectivity index (χ4v) is 3.78. The Balaban J connectivity index is 1.47. The summed E-state index contributed by atoms with van der Waals surface area (Å²) >= 11 is 6.28. The van der Waals surface area contributed by atoms with Gasteiger partial charge in [0.15, 0.2) is 0 Å². The van der Waals surface area contributed by atoms with Crippen molar-refractivity contribution >= 4 is 23.2 Å².